The summed E-state index contributed by atoms with van der Waals surface area (Å²) in [5.74, 6) is -2.03. The molecule has 0 aromatic heterocycles. The van der Waals surface area contributed by atoms with Crippen LogP contribution < -0.4 is 0 Å². The number of carbonyl (C=O) groups is 3. The molecule has 0 aromatic carbocycles. The van der Waals surface area contributed by atoms with E-state index < -0.39 is 26.7 Å². The third kappa shape index (κ3) is 6.84. The normalized spacial score (nSPS) is 11.1. The van der Waals surface area contributed by atoms with E-state index in [0.717, 1.165) is 27.2 Å². The van der Waals surface area contributed by atoms with Crippen LogP contribution in [-0.4, -0.2) is 26.7 Å². The molecule has 0 spiro atoms. The zero-order valence-electron chi connectivity index (χ0n) is 11.0. The van der Waals surface area contributed by atoms with Crippen molar-refractivity contribution in [3.63, 3.8) is 0 Å². The van der Waals surface area contributed by atoms with Crippen molar-refractivity contribution >= 4 is 26.7 Å². The van der Waals surface area contributed by atoms with Crippen molar-refractivity contribution in [3.05, 3.63) is 11.8 Å². The molecule has 0 saturated heterocycles. The molecule has 0 aliphatic carbocycles. The molecule has 0 radical (unpaired) electrons. The number of hydrogen-bond donors (Lipinski definition) is 0. The summed E-state index contributed by atoms with van der Waals surface area (Å²) < 4.78 is 14.8. The summed E-state index contributed by atoms with van der Waals surface area (Å²) >= 11 is 0. The maximum Gasteiger partial charge on any atom is 0.734 e. The lowest BCUT2D eigenvalue weighted by Gasteiger charge is -2.23. The lowest BCUT2D eigenvalue weighted by atomic mass is 10.3. The van der Waals surface area contributed by atoms with Crippen molar-refractivity contribution < 1.29 is 27.7 Å². The first-order valence-corrected chi connectivity index (χ1v) is 7.38. The van der Waals surface area contributed by atoms with Gasteiger partial charge in [0.1, 0.15) is 0 Å². The van der Waals surface area contributed by atoms with Crippen LogP contribution in [0.3, 0.4) is 0 Å². The Kier molecular flexibility index (Phi) is 6.95. The van der Waals surface area contributed by atoms with Crippen molar-refractivity contribution in [1.29, 1.82) is 0 Å². The van der Waals surface area contributed by atoms with E-state index in [2.05, 4.69) is 0 Å². The molecule has 0 amide bonds. The van der Waals surface area contributed by atoms with Gasteiger partial charge in [-0.15, -0.1) is 0 Å². The van der Waals surface area contributed by atoms with Crippen molar-refractivity contribution in [2.24, 2.45) is 0 Å². The molecule has 0 bridgehead atoms. The predicted octanol–water partition coefficient (Wildman–Crippen LogP) is 1.51. The summed E-state index contributed by atoms with van der Waals surface area (Å²) in [5, 5.41) is 0. The number of carbonyl (C=O) groups excluding carboxylic acids is 3. The molecule has 0 N–H and O–H groups in total. The SMILES string of the molecule is CCCC=C[Si](OC(C)=O)(OC(C)=O)OC(C)=O. The van der Waals surface area contributed by atoms with Crippen LogP contribution in [0.25, 0.3) is 0 Å². The standard InChI is InChI=1S/C11H18O6Si/c1-5-6-7-8-18(15-9(2)12,16-10(3)13)17-11(4)14/h7-8H,5-6H2,1-4H3. The Balaban J connectivity index is 5.15. The Morgan fingerprint density at radius 1 is 0.944 bits per heavy atom. The van der Waals surface area contributed by atoms with E-state index in [4.69, 9.17) is 13.3 Å². The molecule has 0 heterocycles. The number of hydrogen-bond acceptors (Lipinski definition) is 6. The lowest BCUT2D eigenvalue weighted by molar-refractivity contribution is -0.146. The van der Waals surface area contributed by atoms with Gasteiger partial charge in [-0.2, -0.15) is 0 Å². The summed E-state index contributed by atoms with van der Waals surface area (Å²) in [7, 11) is -3.75. The third-order valence-electron chi connectivity index (χ3n) is 1.64. The Hall–Kier alpha value is -1.63. The molecule has 0 aromatic rings. The van der Waals surface area contributed by atoms with Gasteiger partial charge in [-0.05, 0) is 6.42 Å². The van der Waals surface area contributed by atoms with Crippen molar-refractivity contribution in [1.82, 2.24) is 0 Å². The van der Waals surface area contributed by atoms with Gasteiger partial charge >= 0.3 is 8.80 Å². The van der Waals surface area contributed by atoms with Crippen LogP contribution in [0.5, 0.6) is 0 Å². The monoisotopic (exact) mass is 274 g/mol. The number of rotatable bonds is 6. The summed E-state index contributed by atoms with van der Waals surface area (Å²) in [6, 6.07) is 0. The molecule has 102 valence electrons. The molecule has 0 aliphatic rings. The Morgan fingerprint density at radius 3 is 1.61 bits per heavy atom. The average Bonchev–Trinajstić information content (AvgIpc) is 2.13. The van der Waals surface area contributed by atoms with Crippen LogP contribution in [0, 0.1) is 0 Å². The molecule has 0 rings (SSSR count). The molecule has 0 fully saturated rings. The molecular formula is C11H18O6Si. The molecular weight excluding hydrogens is 256 g/mol. The van der Waals surface area contributed by atoms with Gasteiger partial charge in [0.2, 0.25) is 0 Å². The third-order valence-corrected chi connectivity index (χ3v) is 4.00. The molecule has 0 saturated carbocycles. The van der Waals surface area contributed by atoms with Gasteiger partial charge in [-0.25, -0.2) is 0 Å². The topological polar surface area (TPSA) is 78.9 Å². The van der Waals surface area contributed by atoms with E-state index in [-0.39, 0.29) is 0 Å². The first kappa shape index (κ1) is 16.4. The second-order valence-electron chi connectivity index (χ2n) is 3.58. The minimum absolute atomic E-state index is 0.676. The van der Waals surface area contributed by atoms with Crippen molar-refractivity contribution in [2.45, 2.75) is 40.5 Å². The van der Waals surface area contributed by atoms with Gasteiger partial charge in [0.25, 0.3) is 17.9 Å². The molecule has 18 heavy (non-hydrogen) atoms. The smallest absolute Gasteiger partial charge is 0.452 e. The second kappa shape index (κ2) is 7.65. The summed E-state index contributed by atoms with van der Waals surface area (Å²) in [4.78, 5) is 33.2. The Bertz CT molecular complexity index is 309. The maximum absolute atomic E-state index is 11.1. The Morgan fingerprint density at radius 2 is 1.33 bits per heavy atom. The average molecular weight is 274 g/mol. The Labute approximate surface area is 107 Å². The fourth-order valence-electron chi connectivity index (χ4n) is 1.16. The highest BCUT2D eigenvalue weighted by Crippen LogP contribution is 2.14. The fraction of sp³-hybridized carbons (Fsp3) is 0.545. The summed E-state index contributed by atoms with van der Waals surface area (Å²) in [6.07, 6.45) is 3.22. The lowest BCUT2D eigenvalue weighted by Crippen LogP contribution is -2.48. The van der Waals surface area contributed by atoms with Gasteiger partial charge < -0.3 is 13.3 Å². The zero-order valence-corrected chi connectivity index (χ0v) is 12.0. The van der Waals surface area contributed by atoms with Gasteiger partial charge in [-0.1, -0.05) is 19.4 Å². The molecule has 0 aliphatic heterocycles. The van der Waals surface area contributed by atoms with Crippen LogP contribution in [-0.2, 0) is 27.7 Å². The van der Waals surface area contributed by atoms with Gasteiger partial charge in [0, 0.05) is 26.5 Å². The van der Waals surface area contributed by atoms with E-state index in [9.17, 15) is 14.4 Å². The van der Waals surface area contributed by atoms with Crippen LogP contribution in [0.4, 0.5) is 0 Å². The molecule has 6 nitrogen and oxygen atoms in total. The quantitative estimate of drug-likeness (QED) is 0.683. The summed E-state index contributed by atoms with van der Waals surface area (Å²) in [6.45, 7) is 5.42. The second-order valence-corrected chi connectivity index (χ2v) is 5.73. The van der Waals surface area contributed by atoms with Crippen LogP contribution in [0.1, 0.15) is 40.5 Å². The minimum atomic E-state index is -3.75. The van der Waals surface area contributed by atoms with E-state index in [0.29, 0.717) is 6.42 Å². The van der Waals surface area contributed by atoms with E-state index in [1.807, 2.05) is 6.92 Å². The van der Waals surface area contributed by atoms with Crippen molar-refractivity contribution in [3.8, 4) is 0 Å². The zero-order chi connectivity index (χ0) is 14.2. The molecule has 7 heteroatoms. The first-order valence-electron chi connectivity index (χ1n) is 5.57. The molecule has 0 unspecified atom stereocenters. The van der Waals surface area contributed by atoms with E-state index in [1.54, 1.807) is 6.08 Å². The van der Waals surface area contributed by atoms with Gasteiger partial charge in [-0.3, -0.25) is 14.4 Å². The highest BCUT2D eigenvalue weighted by atomic mass is 28.4. The van der Waals surface area contributed by atoms with Crippen molar-refractivity contribution in [2.75, 3.05) is 0 Å². The predicted molar refractivity (Wildman–Crippen MR) is 65.1 cm³/mol. The van der Waals surface area contributed by atoms with E-state index in [1.165, 1.54) is 5.70 Å². The van der Waals surface area contributed by atoms with Crippen LogP contribution >= 0.6 is 0 Å². The highest BCUT2D eigenvalue weighted by molar-refractivity contribution is 6.70. The maximum atomic E-state index is 11.1. The molecule has 0 atom stereocenters. The fourth-order valence-corrected chi connectivity index (χ4v) is 3.15. The van der Waals surface area contributed by atoms with Gasteiger partial charge in [0.05, 0.1) is 0 Å². The number of unbranched alkanes of at least 4 members (excludes halogenated alkanes) is 1. The first-order chi connectivity index (χ1) is 8.31. The largest absolute Gasteiger partial charge is 0.734 e. The van der Waals surface area contributed by atoms with Crippen LogP contribution in [0.15, 0.2) is 11.8 Å². The summed E-state index contributed by atoms with van der Waals surface area (Å²) in [5.41, 5.74) is 1.38. The van der Waals surface area contributed by atoms with Crippen LogP contribution in [0.2, 0.25) is 0 Å². The van der Waals surface area contributed by atoms with Gasteiger partial charge in [0.15, 0.2) is 0 Å². The van der Waals surface area contributed by atoms with E-state index >= 15 is 0 Å². The highest BCUT2D eigenvalue weighted by Gasteiger charge is 2.49. The minimum Gasteiger partial charge on any atom is -0.452 e. The number of allylic oxidation sites excluding steroid dienone is 1.